The smallest absolute Gasteiger partial charge is 0.145 e. The Labute approximate surface area is 116 Å². The summed E-state index contributed by atoms with van der Waals surface area (Å²) < 4.78 is 13.2. The van der Waals surface area contributed by atoms with Gasteiger partial charge in [0.1, 0.15) is 11.6 Å². The summed E-state index contributed by atoms with van der Waals surface area (Å²) in [6.07, 6.45) is 0.970. The summed E-state index contributed by atoms with van der Waals surface area (Å²) in [5.41, 5.74) is 2.89. The Kier molecular flexibility index (Phi) is 3.11. The van der Waals surface area contributed by atoms with Crippen molar-refractivity contribution in [1.29, 1.82) is 0 Å². The van der Waals surface area contributed by atoms with E-state index in [0.29, 0.717) is 10.6 Å². The van der Waals surface area contributed by atoms with Crippen LogP contribution in [0.15, 0.2) is 42.5 Å². The third-order valence-electron chi connectivity index (χ3n) is 3.62. The van der Waals surface area contributed by atoms with Crippen molar-refractivity contribution in [1.82, 2.24) is 0 Å². The number of rotatable bonds is 3. The molecule has 19 heavy (non-hydrogen) atoms. The lowest BCUT2D eigenvalue weighted by molar-refractivity contribution is -0.120. The Morgan fingerprint density at radius 3 is 2.84 bits per heavy atom. The highest BCUT2D eigenvalue weighted by molar-refractivity contribution is 6.31. The molecule has 2 aromatic carbocycles. The summed E-state index contributed by atoms with van der Waals surface area (Å²) in [4.78, 5) is 12.2. The van der Waals surface area contributed by atoms with Crippen LogP contribution >= 0.6 is 11.6 Å². The Hall–Kier alpha value is -1.67. The number of carbonyl (C=O) groups excluding carboxylic acids is 1. The third-order valence-corrected chi connectivity index (χ3v) is 3.98. The van der Waals surface area contributed by atoms with Gasteiger partial charge in [-0.25, -0.2) is 4.39 Å². The van der Waals surface area contributed by atoms with Gasteiger partial charge in [0.25, 0.3) is 0 Å². The fourth-order valence-corrected chi connectivity index (χ4v) is 2.72. The molecule has 0 radical (unpaired) electrons. The van der Waals surface area contributed by atoms with Crippen LogP contribution in [0.2, 0.25) is 5.02 Å². The Morgan fingerprint density at radius 1 is 1.26 bits per heavy atom. The molecular weight excluding hydrogens is 263 g/mol. The van der Waals surface area contributed by atoms with Gasteiger partial charge in [0, 0.05) is 17.4 Å². The number of hydrogen-bond donors (Lipinski definition) is 0. The summed E-state index contributed by atoms with van der Waals surface area (Å²) in [6, 6.07) is 12.1. The molecule has 0 amide bonds. The topological polar surface area (TPSA) is 17.1 Å². The van der Waals surface area contributed by atoms with E-state index in [2.05, 4.69) is 0 Å². The first-order valence-electron chi connectivity index (χ1n) is 6.19. The molecule has 2 aromatic rings. The minimum atomic E-state index is -0.360. The van der Waals surface area contributed by atoms with Crippen LogP contribution in [0.4, 0.5) is 4.39 Å². The summed E-state index contributed by atoms with van der Waals surface area (Å²) in [6.45, 7) is 0. The van der Waals surface area contributed by atoms with Gasteiger partial charge in [-0.1, -0.05) is 35.9 Å². The first-order valence-corrected chi connectivity index (χ1v) is 6.57. The third kappa shape index (κ3) is 2.28. The van der Waals surface area contributed by atoms with Gasteiger partial charge >= 0.3 is 0 Å². The SMILES string of the molecule is O=C(Cc1cc(F)ccc1Cl)C1Cc2ccccc21. The standard InChI is InChI=1S/C16H12ClFO/c17-15-6-5-12(18)7-11(15)9-16(19)14-8-10-3-1-2-4-13(10)14/h1-7,14H,8-9H2. The lowest BCUT2D eigenvalue weighted by Gasteiger charge is -2.28. The van der Waals surface area contributed by atoms with Crippen LogP contribution in [0.3, 0.4) is 0 Å². The van der Waals surface area contributed by atoms with Gasteiger partial charge in [-0.3, -0.25) is 4.79 Å². The molecule has 0 spiro atoms. The molecule has 0 bridgehead atoms. The second kappa shape index (κ2) is 4.78. The molecule has 3 rings (SSSR count). The van der Waals surface area contributed by atoms with Crippen LogP contribution in [0.5, 0.6) is 0 Å². The molecule has 0 heterocycles. The van der Waals surface area contributed by atoms with Gasteiger partial charge in [-0.05, 0) is 41.3 Å². The second-order valence-corrected chi connectivity index (χ2v) is 5.24. The molecule has 0 fully saturated rings. The Balaban J connectivity index is 1.79. The van der Waals surface area contributed by atoms with Crippen molar-refractivity contribution in [2.45, 2.75) is 18.8 Å². The van der Waals surface area contributed by atoms with E-state index in [1.54, 1.807) is 0 Å². The van der Waals surface area contributed by atoms with E-state index in [1.807, 2.05) is 24.3 Å². The Bertz CT molecular complexity index is 651. The van der Waals surface area contributed by atoms with E-state index in [-0.39, 0.29) is 23.9 Å². The maximum absolute atomic E-state index is 13.2. The van der Waals surface area contributed by atoms with Gasteiger partial charge in [0.2, 0.25) is 0 Å². The average molecular weight is 275 g/mol. The Morgan fingerprint density at radius 2 is 2.05 bits per heavy atom. The number of ketones is 1. The first-order chi connectivity index (χ1) is 9.15. The number of hydrogen-bond acceptors (Lipinski definition) is 1. The number of Topliss-reactive ketones (excluding diaryl/α,β-unsaturated/α-hetero) is 1. The van der Waals surface area contributed by atoms with Crippen molar-refractivity contribution < 1.29 is 9.18 Å². The molecule has 1 nitrogen and oxygen atoms in total. The molecule has 0 aliphatic heterocycles. The van der Waals surface area contributed by atoms with E-state index >= 15 is 0 Å². The normalized spacial score (nSPS) is 16.6. The predicted molar refractivity (Wildman–Crippen MR) is 73.0 cm³/mol. The van der Waals surface area contributed by atoms with Crippen LogP contribution in [0.1, 0.15) is 22.6 Å². The molecule has 0 saturated heterocycles. The maximum atomic E-state index is 13.2. The zero-order valence-corrected chi connectivity index (χ0v) is 11.0. The summed E-state index contributed by atoms with van der Waals surface area (Å²) >= 11 is 5.99. The molecule has 96 valence electrons. The summed E-state index contributed by atoms with van der Waals surface area (Å²) in [5, 5.41) is 0.447. The van der Waals surface area contributed by atoms with E-state index < -0.39 is 0 Å². The van der Waals surface area contributed by atoms with Gasteiger partial charge in [0.15, 0.2) is 0 Å². The summed E-state index contributed by atoms with van der Waals surface area (Å²) in [5.74, 6) is -0.317. The van der Waals surface area contributed by atoms with Gasteiger partial charge in [-0.2, -0.15) is 0 Å². The van der Waals surface area contributed by atoms with Crippen LogP contribution < -0.4 is 0 Å². The van der Waals surface area contributed by atoms with Gasteiger partial charge in [-0.15, -0.1) is 0 Å². The molecule has 0 saturated carbocycles. The van der Waals surface area contributed by atoms with E-state index in [1.165, 1.54) is 23.8 Å². The molecule has 0 aromatic heterocycles. The zero-order valence-electron chi connectivity index (χ0n) is 10.2. The molecule has 0 N–H and O–H groups in total. The quantitative estimate of drug-likeness (QED) is 0.829. The van der Waals surface area contributed by atoms with Gasteiger partial charge < -0.3 is 0 Å². The molecule has 3 heteroatoms. The number of carbonyl (C=O) groups is 1. The minimum Gasteiger partial charge on any atom is -0.299 e. The highest BCUT2D eigenvalue weighted by atomic mass is 35.5. The molecule has 1 atom stereocenters. The van der Waals surface area contributed by atoms with Crippen LogP contribution in [0.25, 0.3) is 0 Å². The van der Waals surface area contributed by atoms with Crippen molar-refractivity contribution in [3.63, 3.8) is 0 Å². The number of benzene rings is 2. The number of halogens is 2. The zero-order chi connectivity index (χ0) is 13.4. The van der Waals surface area contributed by atoms with Crippen molar-refractivity contribution in [2.75, 3.05) is 0 Å². The monoisotopic (exact) mass is 274 g/mol. The molecular formula is C16H12ClFO. The lowest BCUT2D eigenvalue weighted by Crippen LogP contribution is -2.26. The van der Waals surface area contributed by atoms with E-state index in [4.69, 9.17) is 11.6 Å². The molecule has 1 unspecified atom stereocenters. The lowest BCUT2D eigenvalue weighted by atomic mass is 9.74. The highest BCUT2D eigenvalue weighted by Gasteiger charge is 2.31. The van der Waals surface area contributed by atoms with Crippen molar-refractivity contribution >= 4 is 17.4 Å². The van der Waals surface area contributed by atoms with Crippen molar-refractivity contribution in [3.05, 3.63) is 70.0 Å². The fraction of sp³-hybridized carbons (Fsp3) is 0.188. The number of fused-ring (bicyclic) bond motifs is 1. The molecule has 1 aliphatic rings. The maximum Gasteiger partial charge on any atom is 0.145 e. The van der Waals surface area contributed by atoms with Crippen LogP contribution in [-0.4, -0.2) is 5.78 Å². The largest absolute Gasteiger partial charge is 0.299 e. The average Bonchev–Trinajstić information content (AvgIpc) is 2.35. The van der Waals surface area contributed by atoms with Crippen LogP contribution in [-0.2, 0) is 17.6 Å². The second-order valence-electron chi connectivity index (χ2n) is 4.83. The van der Waals surface area contributed by atoms with Crippen LogP contribution in [0, 0.1) is 5.82 Å². The molecule has 1 aliphatic carbocycles. The first kappa shape index (κ1) is 12.4. The van der Waals surface area contributed by atoms with Gasteiger partial charge in [0.05, 0.1) is 0 Å². The highest BCUT2D eigenvalue weighted by Crippen LogP contribution is 2.36. The predicted octanol–water partition coefficient (Wildman–Crippen LogP) is 3.93. The minimum absolute atomic E-state index is 0.0597. The van der Waals surface area contributed by atoms with E-state index in [9.17, 15) is 9.18 Å². The summed E-state index contributed by atoms with van der Waals surface area (Å²) in [7, 11) is 0. The van der Waals surface area contributed by atoms with Crippen molar-refractivity contribution in [2.24, 2.45) is 0 Å². The van der Waals surface area contributed by atoms with E-state index in [0.717, 1.165) is 12.0 Å². The fourth-order valence-electron chi connectivity index (χ4n) is 2.54. The van der Waals surface area contributed by atoms with Crippen molar-refractivity contribution in [3.8, 4) is 0 Å².